The summed E-state index contributed by atoms with van der Waals surface area (Å²) < 4.78 is 1.04. The van der Waals surface area contributed by atoms with Crippen molar-refractivity contribution in [1.29, 1.82) is 0 Å². The maximum absolute atomic E-state index is 12.9. The Morgan fingerprint density at radius 3 is 2.48 bits per heavy atom. The molecule has 1 aromatic heterocycles. The molecule has 4 rings (SSSR count). The highest BCUT2D eigenvalue weighted by Crippen LogP contribution is 2.45. The second-order valence-electron chi connectivity index (χ2n) is 7.08. The quantitative estimate of drug-likeness (QED) is 0.652. The number of aryl methyl sites for hydroxylation is 2. The van der Waals surface area contributed by atoms with Gasteiger partial charge in [0.05, 0.1) is 5.69 Å². The Labute approximate surface area is 160 Å². The Balaban J connectivity index is 1.79. The molecule has 0 radical (unpaired) electrons. The second-order valence-corrected chi connectivity index (χ2v) is 9.08. The standard InChI is InChI=1S/C20H20BrNO2S/c1-3-15-17(16-18(23)11-4-5-12(9-11)19(16)24)22-20(25-15)14-7-6-13(21)8-10(14)2/h6-8,11-12,16H,3-5,9H2,1-2H3. The van der Waals surface area contributed by atoms with Crippen LogP contribution in [0.3, 0.4) is 0 Å². The average Bonchev–Trinajstić information content (AvgIpc) is 3.19. The van der Waals surface area contributed by atoms with Gasteiger partial charge < -0.3 is 0 Å². The van der Waals surface area contributed by atoms with E-state index in [-0.39, 0.29) is 23.4 Å². The Morgan fingerprint density at radius 1 is 1.20 bits per heavy atom. The number of hydrogen-bond acceptors (Lipinski definition) is 4. The number of aromatic nitrogens is 1. The van der Waals surface area contributed by atoms with E-state index in [9.17, 15) is 9.59 Å². The minimum atomic E-state index is -0.623. The highest BCUT2D eigenvalue weighted by molar-refractivity contribution is 9.10. The van der Waals surface area contributed by atoms with Gasteiger partial charge in [-0.1, -0.05) is 28.9 Å². The lowest BCUT2D eigenvalue weighted by atomic mass is 9.77. The van der Waals surface area contributed by atoms with Crippen LogP contribution in [-0.2, 0) is 16.0 Å². The van der Waals surface area contributed by atoms with Gasteiger partial charge in [-0.15, -0.1) is 11.3 Å². The Bertz CT molecular complexity index is 851. The van der Waals surface area contributed by atoms with Crippen LogP contribution in [0.25, 0.3) is 10.6 Å². The largest absolute Gasteiger partial charge is 0.298 e. The summed E-state index contributed by atoms with van der Waals surface area (Å²) in [4.78, 5) is 31.6. The SMILES string of the molecule is CCc1sc(-c2ccc(Br)cc2C)nc1C1C(=O)C2CCC(C2)C1=O. The minimum absolute atomic E-state index is 0.0666. The summed E-state index contributed by atoms with van der Waals surface area (Å²) in [5.74, 6) is -0.272. The third-order valence-electron chi connectivity index (χ3n) is 5.55. The Hall–Kier alpha value is -1.33. The summed E-state index contributed by atoms with van der Waals surface area (Å²) in [5, 5.41) is 0.912. The van der Waals surface area contributed by atoms with Gasteiger partial charge in [0.1, 0.15) is 10.9 Å². The van der Waals surface area contributed by atoms with Crippen LogP contribution < -0.4 is 0 Å². The van der Waals surface area contributed by atoms with E-state index in [0.717, 1.165) is 56.9 Å². The lowest BCUT2D eigenvalue weighted by molar-refractivity contribution is -0.136. The van der Waals surface area contributed by atoms with Crippen molar-refractivity contribution < 1.29 is 9.59 Å². The minimum Gasteiger partial charge on any atom is -0.298 e. The average molecular weight is 418 g/mol. The zero-order valence-electron chi connectivity index (χ0n) is 14.3. The molecule has 2 aliphatic carbocycles. The molecule has 5 heteroatoms. The van der Waals surface area contributed by atoms with E-state index in [1.54, 1.807) is 11.3 Å². The molecule has 3 nitrogen and oxygen atoms in total. The number of benzene rings is 1. The van der Waals surface area contributed by atoms with Crippen molar-refractivity contribution in [3.05, 3.63) is 38.8 Å². The van der Waals surface area contributed by atoms with Crippen molar-refractivity contribution in [2.24, 2.45) is 11.8 Å². The molecule has 0 saturated heterocycles. The topological polar surface area (TPSA) is 47.0 Å². The highest BCUT2D eigenvalue weighted by Gasteiger charge is 2.48. The number of Topliss-reactive ketones (excluding diaryl/α,β-unsaturated/α-hetero) is 2. The van der Waals surface area contributed by atoms with E-state index < -0.39 is 5.92 Å². The zero-order chi connectivity index (χ0) is 17.7. The molecule has 0 amide bonds. The molecule has 0 N–H and O–H groups in total. The number of hydrogen-bond donors (Lipinski definition) is 0. The fraction of sp³-hybridized carbons (Fsp3) is 0.450. The monoisotopic (exact) mass is 417 g/mol. The van der Waals surface area contributed by atoms with Gasteiger partial charge in [-0.3, -0.25) is 9.59 Å². The highest BCUT2D eigenvalue weighted by atomic mass is 79.9. The fourth-order valence-electron chi connectivity index (χ4n) is 4.20. The lowest BCUT2D eigenvalue weighted by Gasteiger charge is -2.24. The number of thiazole rings is 1. The van der Waals surface area contributed by atoms with Crippen LogP contribution in [0.5, 0.6) is 0 Å². The van der Waals surface area contributed by atoms with Crippen LogP contribution in [0.2, 0.25) is 0 Å². The summed E-state index contributed by atoms with van der Waals surface area (Å²) in [6.45, 7) is 4.13. The van der Waals surface area contributed by atoms with E-state index in [2.05, 4.69) is 41.9 Å². The molecule has 0 aliphatic heterocycles. The zero-order valence-corrected chi connectivity index (χ0v) is 16.7. The summed E-state index contributed by atoms with van der Waals surface area (Å²) in [6.07, 6.45) is 3.30. The lowest BCUT2D eigenvalue weighted by Crippen LogP contribution is -2.35. The third kappa shape index (κ3) is 2.81. The van der Waals surface area contributed by atoms with Crippen molar-refractivity contribution in [1.82, 2.24) is 4.98 Å². The first kappa shape index (κ1) is 17.1. The molecule has 130 valence electrons. The normalized spacial score (nSPS) is 25.6. The molecule has 2 aliphatic rings. The first-order valence-electron chi connectivity index (χ1n) is 8.83. The molecule has 1 heterocycles. The molecule has 1 aromatic carbocycles. The number of nitrogens with zero attached hydrogens (tertiary/aromatic N) is 1. The van der Waals surface area contributed by atoms with Crippen molar-refractivity contribution >= 4 is 38.8 Å². The van der Waals surface area contributed by atoms with Crippen LogP contribution in [0, 0.1) is 18.8 Å². The van der Waals surface area contributed by atoms with Gasteiger partial charge >= 0.3 is 0 Å². The van der Waals surface area contributed by atoms with Gasteiger partial charge in [-0.2, -0.15) is 0 Å². The van der Waals surface area contributed by atoms with Gasteiger partial charge in [-0.05, 0) is 50.3 Å². The van der Waals surface area contributed by atoms with Crippen LogP contribution >= 0.6 is 27.3 Å². The summed E-state index contributed by atoms with van der Waals surface area (Å²) >= 11 is 5.12. The summed E-state index contributed by atoms with van der Waals surface area (Å²) in [6, 6.07) is 6.13. The molecule has 2 saturated carbocycles. The smallest absolute Gasteiger partial charge is 0.152 e. The molecular formula is C20H20BrNO2S. The maximum atomic E-state index is 12.9. The van der Waals surface area contributed by atoms with Crippen LogP contribution in [0.4, 0.5) is 0 Å². The van der Waals surface area contributed by atoms with Gasteiger partial charge in [0.2, 0.25) is 0 Å². The van der Waals surface area contributed by atoms with Crippen molar-refractivity contribution in [3.63, 3.8) is 0 Å². The molecule has 2 aromatic rings. The first-order valence-corrected chi connectivity index (χ1v) is 10.4. The van der Waals surface area contributed by atoms with E-state index >= 15 is 0 Å². The molecule has 0 spiro atoms. The van der Waals surface area contributed by atoms with E-state index in [1.165, 1.54) is 0 Å². The van der Waals surface area contributed by atoms with Gasteiger partial charge in [0.25, 0.3) is 0 Å². The molecule has 2 atom stereocenters. The van der Waals surface area contributed by atoms with Gasteiger partial charge in [0.15, 0.2) is 11.6 Å². The number of carbonyl (C=O) groups is 2. The third-order valence-corrected chi connectivity index (χ3v) is 7.29. The van der Waals surface area contributed by atoms with E-state index in [1.807, 2.05) is 6.07 Å². The van der Waals surface area contributed by atoms with Crippen LogP contribution in [0.15, 0.2) is 22.7 Å². The van der Waals surface area contributed by atoms with Crippen molar-refractivity contribution in [2.45, 2.75) is 45.4 Å². The number of halogens is 1. The molecular weight excluding hydrogens is 398 g/mol. The maximum Gasteiger partial charge on any atom is 0.152 e. The number of fused-ring (bicyclic) bond motifs is 2. The van der Waals surface area contributed by atoms with Crippen LogP contribution in [0.1, 0.15) is 48.2 Å². The van der Waals surface area contributed by atoms with Gasteiger partial charge in [-0.25, -0.2) is 4.98 Å². The Kier molecular flexibility index (Phi) is 4.40. The molecule has 2 unspecified atom stereocenters. The first-order chi connectivity index (χ1) is 12.0. The number of carbonyl (C=O) groups excluding carboxylic acids is 2. The number of rotatable bonds is 3. The summed E-state index contributed by atoms with van der Waals surface area (Å²) in [5.41, 5.74) is 2.95. The van der Waals surface area contributed by atoms with Crippen molar-refractivity contribution in [2.75, 3.05) is 0 Å². The fourth-order valence-corrected chi connectivity index (χ4v) is 5.81. The van der Waals surface area contributed by atoms with Crippen molar-refractivity contribution in [3.8, 4) is 10.6 Å². The summed E-state index contributed by atoms with van der Waals surface area (Å²) in [7, 11) is 0. The van der Waals surface area contributed by atoms with E-state index in [0.29, 0.717) is 0 Å². The molecule has 25 heavy (non-hydrogen) atoms. The molecule has 2 bridgehead atoms. The predicted molar refractivity (Wildman–Crippen MR) is 103 cm³/mol. The Morgan fingerprint density at radius 2 is 1.88 bits per heavy atom. The molecule has 2 fully saturated rings. The van der Waals surface area contributed by atoms with Gasteiger partial charge in [0, 0.05) is 26.7 Å². The second kappa shape index (κ2) is 6.44. The predicted octanol–water partition coefficient (Wildman–Crippen LogP) is 5.10. The van der Waals surface area contributed by atoms with E-state index in [4.69, 9.17) is 4.98 Å². The number of ketones is 2. The van der Waals surface area contributed by atoms with Crippen LogP contribution in [-0.4, -0.2) is 16.6 Å².